The molecule has 0 radical (unpaired) electrons. The molecular weight excluding hydrogens is 352 g/mol. The quantitative estimate of drug-likeness (QED) is 0.580. The number of sulfonamides is 1. The van der Waals surface area contributed by atoms with Crippen molar-refractivity contribution in [3.63, 3.8) is 0 Å². The third kappa shape index (κ3) is 4.19. The van der Waals surface area contributed by atoms with Crippen LogP contribution in [-0.4, -0.2) is 48.5 Å². The first kappa shape index (κ1) is 18.1. The Balaban J connectivity index is 2.14. The summed E-state index contributed by atoms with van der Waals surface area (Å²) in [5.74, 6) is 0.531. The third-order valence-electron chi connectivity index (χ3n) is 3.32. The Kier molecular flexibility index (Phi) is 5.38. The van der Waals surface area contributed by atoms with Crippen molar-refractivity contribution in [1.29, 1.82) is 5.26 Å². The molecule has 0 aromatic carbocycles. The van der Waals surface area contributed by atoms with Crippen molar-refractivity contribution in [2.75, 3.05) is 19.8 Å². The van der Waals surface area contributed by atoms with Gasteiger partial charge in [0.15, 0.2) is 5.11 Å². The lowest BCUT2D eigenvalue weighted by Gasteiger charge is -2.16. The van der Waals surface area contributed by atoms with Crippen molar-refractivity contribution in [2.24, 2.45) is 0 Å². The van der Waals surface area contributed by atoms with E-state index < -0.39 is 10.0 Å². The molecule has 1 fully saturated rings. The minimum atomic E-state index is -3.46. The fourth-order valence-electron chi connectivity index (χ4n) is 2.03. The largest absolute Gasteiger partial charge is 0.460 e. The first-order valence-corrected chi connectivity index (χ1v) is 9.19. The average Bonchev–Trinajstić information content (AvgIpc) is 3.03. The number of nitrogens with zero attached hydrogens (tertiary/aromatic N) is 3. The predicted octanol–water partition coefficient (Wildman–Crippen LogP) is 0.642. The summed E-state index contributed by atoms with van der Waals surface area (Å²) >= 11 is 4.98. The zero-order valence-corrected chi connectivity index (χ0v) is 14.8. The first-order chi connectivity index (χ1) is 11.2. The molecule has 1 N–H and O–H groups in total. The molecule has 0 unspecified atom stereocenters. The van der Waals surface area contributed by atoms with Crippen molar-refractivity contribution in [2.45, 2.75) is 13.0 Å². The fraction of sp³-hybridized carbons (Fsp3) is 0.357. The van der Waals surface area contributed by atoms with Crippen LogP contribution in [0, 0.1) is 11.3 Å². The van der Waals surface area contributed by atoms with Gasteiger partial charge in [-0.3, -0.25) is 9.69 Å². The van der Waals surface area contributed by atoms with Crippen LogP contribution in [0.1, 0.15) is 17.9 Å². The third-order valence-corrected chi connectivity index (χ3v) is 4.95. The molecule has 0 atom stereocenters. The SMILES string of the molecule is CN1C(=O)/C(=C/c2ccc(CN(CCC#N)S(C)(=O)=O)o2)NC1=S. The lowest BCUT2D eigenvalue weighted by molar-refractivity contribution is -0.121. The molecule has 10 heteroatoms. The van der Waals surface area contributed by atoms with Gasteiger partial charge in [-0.25, -0.2) is 8.42 Å². The van der Waals surface area contributed by atoms with E-state index in [0.717, 1.165) is 10.6 Å². The molecule has 2 heterocycles. The average molecular weight is 368 g/mol. The number of rotatable bonds is 6. The Hall–Kier alpha value is -2.22. The number of amides is 1. The minimum absolute atomic E-state index is 0.0172. The summed E-state index contributed by atoms with van der Waals surface area (Å²) < 4.78 is 30.2. The van der Waals surface area contributed by atoms with Gasteiger partial charge in [-0.05, 0) is 24.4 Å². The standard InChI is InChI=1S/C14H16N4O4S2/c1-17-13(19)12(16-14(17)23)8-10-4-5-11(22-10)9-18(7-3-6-15)24(2,20)21/h4-5,8H,3,7,9H2,1-2H3,(H,16,23)/b12-8-. The number of hydrogen-bond acceptors (Lipinski definition) is 6. The number of furan rings is 1. The van der Waals surface area contributed by atoms with Crippen LogP contribution in [0.2, 0.25) is 0 Å². The Bertz CT molecular complexity index is 835. The van der Waals surface area contributed by atoms with Gasteiger partial charge in [0.05, 0.1) is 18.9 Å². The van der Waals surface area contributed by atoms with Gasteiger partial charge in [-0.1, -0.05) is 0 Å². The zero-order valence-electron chi connectivity index (χ0n) is 13.1. The normalized spacial score (nSPS) is 16.8. The molecule has 1 amide bonds. The van der Waals surface area contributed by atoms with E-state index >= 15 is 0 Å². The summed E-state index contributed by atoms with van der Waals surface area (Å²) in [6.45, 7) is 0.106. The summed E-state index contributed by atoms with van der Waals surface area (Å²) in [6, 6.07) is 5.17. The molecule has 0 aliphatic carbocycles. The van der Waals surface area contributed by atoms with Gasteiger partial charge < -0.3 is 9.73 Å². The van der Waals surface area contributed by atoms with E-state index in [0.29, 0.717) is 16.6 Å². The maximum absolute atomic E-state index is 11.9. The van der Waals surface area contributed by atoms with Crippen molar-refractivity contribution in [3.8, 4) is 6.07 Å². The summed E-state index contributed by atoms with van der Waals surface area (Å²) in [4.78, 5) is 13.2. The topological polar surface area (TPSA) is 107 Å². The molecule has 8 nitrogen and oxygen atoms in total. The predicted molar refractivity (Wildman–Crippen MR) is 90.7 cm³/mol. The zero-order chi connectivity index (χ0) is 17.9. The molecule has 1 aromatic rings. The highest BCUT2D eigenvalue weighted by Gasteiger charge is 2.27. The van der Waals surface area contributed by atoms with Gasteiger partial charge >= 0.3 is 0 Å². The molecule has 128 valence electrons. The second-order valence-electron chi connectivity index (χ2n) is 5.16. The fourth-order valence-corrected chi connectivity index (χ4v) is 3.01. The van der Waals surface area contributed by atoms with E-state index in [4.69, 9.17) is 21.9 Å². The monoisotopic (exact) mass is 368 g/mol. The summed E-state index contributed by atoms with van der Waals surface area (Å²) in [6.07, 6.45) is 2.67. The van der Waals surface area contributed by atoms with Gasteiger partial charge in [0, 0.05) is 26.1 Å². The number of likely N-dealkylation sites (N-methyl/N-ethyl adjacent to an activating group) is 1. The van der Waals surface area contributed by atoms with Gasteiger partial charge in [-0.2, -0.15) is 9.57 Å². The van der Waals surface area contributed by atoms with Crippen molar-refractivity contribution >= 4 is 39.3 Å². The number of carbonyl (C=O) groups is 1. The molecular formula is C14H16N4O4S2. The second-order valence-corrected chi connectivity index (χ2v) is 7.53. The summed E-state index contributed by atoms with van der Waals surface area (Å²) in [5, 5.41) is 11.7. The second kappa shape index (κ2) is 7.12. The maximum Gasteiger partial charge on any atom is 0.276 e. The highest BCUT2D eigenvalue weighted by atomic mass is 32.2. The van der Waals surface area contributed by atoms with E-state index in [1.165, 1.54) is 11.0 Å². The lowest BCUT2D eigenvalue weighted by atomic mass is 10.3. The molecule has 0 bridgehead atoms. The molecule has 0 spiro atoms. The van der Waals surface area contributed by atoms with Gasteiger partial charge in [0.2, 0.25) is 10.0 Å². The van der Waals surface area contributed by atoms with Crippen molar-refractivity contribution in [1.82, 2.24) is 14.5 Å². The molecule has 0 saturated carbocycles. The van der Waals surface area contributed by atoms with Crippen molar-refractivity contribution in [3.05, 3.63) is 29.4 Å². The van der Waals surface area contributed by atoms with Crippen LogP contribution in [0.3, 0.4) is 0 Å². The van der Waals surface area contributed by atoms with Crippen LogP contribution in [0.25, 0.3) is 6.08 Å². The van der Waals surface area contributed by atoms with Crippen LogP contribution >= 0.6 is 12.2 Å². The molecule has 2 rings (SSSR count). The van der Waals surface area contributed by atoms with Crippen LogP contribution in [0.15, 0.2) is 22.2 Å². The maximum atomic E-state index is 11.9. The Labute approximate surface area is 145 Å². The van der Waals surface area contributed by atoms with Gasteiger partial charge in [0.25, 0.3) is 5.91 Å². The van der Waals surface area contributed by atoms with Gasteiger partial charge in [-0.15, -0.1) is 0 Å². The molecule has 24 heavy (non-hydrogen) atoms. The highest BCUT2D eigenvalue weighted by molar-refractivity contribution is 7.88. The smallest absolute Gasteiger partial charge is 0.276 e. The summed E-state index contributed by atoms with van der Waals surface area (Å²) in [7, 11) is -1.89. The van der Waals surface area contributed by atoms with E-state index in [1.807, 2.05) is 6.07 Å². The molecule has 1 aliphatic heterocycles. The number of carbonyl (C=O) groups excluding carboxylic acids is 1. The first-order valence-electron chi connectivity index (χ1n) is 6.94. The van der Waals surface area contributed by atoms with Crippen LogP contribution < -0.4 is 5.32 Å². The molecule has 1 aromatic heterocycles. The Morgan fingerprint density at radius 2 is 2.21 bits per heavy atom. The van der Waals surface area contributed by atoms with E-state index in [1.54, 1.807) is 19.2 Å². The number of thiocarbonyl (C=S) groups is 1. The number of nitrogens with one attached hydrogen (secondary N) is 1. The number of hydrogen-bond donors (Lipinski definition) is 1. The van der Waals surface area contributed by atoms with E-state index in [-0.39, 0.29) is 31.1 Å². The van der Waals surface area contributed by atoms with Crippen LogP contribution in [0.5, 0.6) is 0 Å². The van der Waals surface area contributed by atoms with E-state index in [9.17, 15) is 13.2 Å². The highest BCUT2D eigenvalue weighted by Crippen LogP contribution is 2.17. The molecule has 1 aliphatic rings. The van der Waals surface area contributed by atoms with Crippen LogP contribution in [0.4, 0.5) is 0 Å². The van der Waals surface area contributed by atoms with Gasteiger partial charge in [0.1, 0.15) is 17.2 Å². The number of nitriles is 1. The Morgan fingerprint density at radius 1 is 1.50 bits per heavy atom. The summed E-state index contributed by atoms with van der Waals surface area (Å²) in [5.41, 5.74) is 0.285. The minimum Gasteiger partial charge on any atom is -0.460 e. The lowest BCUT2D eigenvalue weighted by Crippen LogP contribution is -2.30. The molecule has 1 saturated heterocycles. The van der Waals surface area contributed by atoms with Crippen LogP contribution in [-0.2, 0) is 21.4 Å². The Morgan fingerprint density at radius 3 is 2.75 bits per heavy atom. The van der Waals surface area contributed by atoms with Crippen molar-refractivity contribution < 1.29 is 17.6 Å². The van der Waals surface area contributed by atoms with E-state index in [2.05, 4.69) is 5.32 Å².